The van der Waals surface area contributed by atoms with Gasteiger partial charge < -0.3 is 11.1 Å². The summed E-state index contributed by atoms with van der Waals surface area (Å²) >= 11 is 5.94. The molecule has 0 atom stereocenters. The topological polar surface area (TPSA) is 110 Å². The standard InChI is InChI=1S/C13H13ClN4O3/c1-7-5-18(13(21)17-12(7)20)6-11(19)16-10-3-2-8(15)4-9(10)14/h2-5H,6,15H2,1H3,(H,16,19)(H,17,20,21). The van der Waals surface area contributed by atoms with E-state index < -0.39 is 17.2 Å². The van der Waals surface area contributed by atoms with E-state index in [4.69, 9.17) is 17.3 Å². The number of nitrogen functional groups attached to an aromatic ring is 1. The summed E-state index contributed by atoms with van der Waals surface area (Å²) in [5.74, 6) is -0.449. The summed E-state index contributed by atoms with van der Waals surface area (Å²) in [6.45, 7) is 1.31. The maximum Gasteiger partial charge on any atom is 0.328 e. The zero-order valence-corrected chi connectivity index (χ0v) is 11.9. The molecule has 2 rings (SSSR count). The molecule has 0 fully saturated rings. The van der Waals surface area contributed by atoms with Gasteiger partial charge in [-0.1, -0.05) is 11.6 Å². The van der Waals surface area contributed by atoms with E-state index in [0.29, 0.717) is 22.0 Å². The normalized spacial score (nSPS) is 10.4. The number of benzene rings is 1. The van der Waals surface area contributed by atoms with Crippen LogP contribution in [0.3, 0.4) is 0 Å². The van der Waals surface area contributed by atoms with Crippen molar-refractivity contribution in [2.45, 2.75) is 13.5 Å². The Morgan fingerprint density at radius 3 is 2.81 bits per heavy atom. The van der Waals surface area contributed by atoms with Gasteiger partial charge in [-0.3, -0.25) is 19.1 Å². The number of rotatable bonds is 3. The van der Waals surface area contributed by atoms with Crippen molar-refractivity contribution in [3.8, 4) is 0 Å². The molecule has 8 heteroatoms. The number of anilines is 2. The first kappa shape index (κ1) is 14.9. The van der Waals surface area contributed by atoms with Crippen LogP contribution in [-0.4, -0.2) is 15.5 Å². The van der Waals surface area contributed by atoms with E-state index in [1.807, 2.05) is 0 Å². The summed E-state index contributed by atoms with van der Waals surface area (Å²) in [6.07, 6.45) is 1.32. The summed E-state index contributed by atoms with van der Waals surface area (Å²) in [7, 11) is 0. The molecule has 0 radical (unpaired) electrons. The molecule has 2 aromatic rings. The lowest BCUT2D eigenvalue weighted by atomic mass is 10.3. The average Bonchev–Trinajstić information content (AvgIpc) is 2.39. The van der Waals surface area contributed by atoms with Gasteiger partial charge in [-0.15, -0.1) is 0 Å². The number of amides is 1. The minimum Gasteiger partial charge on any atom is -0.399 e. The second-order valence-corrected chi connectivity index (χ2v) is 4.89. The molecular weight excluding hydrogens is 296 g/mol. The lowest BCUT2D eigenvalue weighted by Gasteiger charge is -2.09. The third-order valence-electron chi connectivity index (χ3n) is 2.77. The Kier molecular flexibility index (Phi) is 4.13. The number of aromatic nitrogens is 2. The summed E-state index contributed by atoms with van der Waals surface area (Å²) in [6, 6.07) is 4.67. The zero-order valence-electron chi connectivity index (χ0n) is 11.1. The van der Waals surface area contributed by atoms with Crippen molar-refractivity contribution >= 4 is 28.9 Å². The highest BCUT2D eigenvalue weighted by molar-refractivity contribution is 6.34. The van der Waals surface area contributed by atoms with Crippen LogP contribution in [0.25, 0.3) is 0 Å². The molecule has 21 heavy (non-hydrogen) atoms. The van der Waals surface area contributed by atoms with Crippen LogP contribution in [0.2, 0.25) is 5.02 Å². The van der Waals surface area contributed by atoms with Crippen molar-refractivity contribution < 1.29 is 4.79 Å². The molecule has 0 aliphatic carbocycles. The van der Waals surface area contributed by atoms with E-state index >= 15 is 0 Å². The summed E-state index contributed by atoms with van der Waals surface area (Å²) in [5, 5.41) is 2.87. The molecule has 0 spiro atoms. The predicted molar refractivity (Wildman–Crippen MR) is 80.6 cm³/mol. The monoisotopic (exact) mass is 308 g/mol. The molecule has 1 aromatic carbocycles. The number of hydrogen-bond acceptors (Lipinski definition) is 4. The van der Waals surface area contributed by atoms with Gasteiger partial charge in [-0.05, 0) is 25.1 Å². The summed E-state index contributed by atoms with van der Waals surface area (Å²) in [4.78, 5) is 36.9. The van der Waals surface area contributed by atoms with Gasteiger partial charge in [0, 0.05) is 17.4 Å². The minimum atomic E-state index is -0.649. The Bertz CT molecular complexity index is 810. The van der Waals surface area contributed by atoms with Crippen LogP contribution in [0, 0.1) is 6.92 Å². The number of hydrogen-bond donors (Lipinski definition) is 3. The second kappa shape index (κ2) is 5.84. The molecule has 7 nitrogen and oxygen atoms in total. The van der Waals surface area contributed by atoms with Crippen molar-refractivity contribution in [3.05, 3.63) is 55.8 Å². The maximum atomic E-state index is 11.9. The summed E-state index contributed by atoms with van der Waals surface area (Å²) < 4.78 is 1.11. The van der Waals surface area contributed by atoms with Crippen molar-refractivity contribution in [2.24, 2.45) is 0 Å². The van der Waals surface area contributed by atoms with Crippen molar-refractivity contribution in [1.82, 2.24) is 9.55 Å². The Morgan fingerprint density at radius 1 is 1.43 bits per heavy atom. The van der Waals surface area contributed by atoms with Gasteiger partial charge in [0.25, 0.3) is 5.56 Å². The SMILES string of the molecule is Cc1cn(CC(=O)Nc2ccc(N)cc2Cl)c(=O)[nH]c1=O. The average molecular weight is 309 g/mol. The van der Waals surface area contributed by atoms with Crippen LogP contribution in [-0.2, 0) is 11.3 Å². The molecule has 0 saturated carbocycles. The Hall–Kier alpha value is -2.54. The van der Waals surface area contributed by atoms with E-state index in [1.165, 1.54) is 12.3 Å². The van der Waals surface area contributed by atoms with Crippen LogP contribution >= 0.6 is 11.6 Å². The predicted octanol–water partition coefficient (Wildman–Crippen LogP) is 0.719. The maximum absolute atomic E-state index is 11.9. The smallest absolute Gasteiger partial charge is 0.328 e. The van der Waals surface area contributed by atoms with E-state index in [1.54, 1.807) is 19.1 Å². The van der Waals surface area contributed by atoms with Crippen LogP contribution in [0.1, 0.15) is 5.56 Å². The molecule has 0 bridgehead atoms. The van der Waals surface area contributed by atoms with Gasteiger partial charge >= 0.3 is 5.69 Å². The number of carbonyl (C=O) groups excluding carboxylic acids is 1. The van der Waals surface area contributed by atoms with E-state index in [-0.39, 0.29) is 6.54 Å². The lowest BCUT2D eigenvalue weighted by Crippen LogP contribution is -2.34. The quantitative estimate of drug-likeness (QED) is 0.726. The van der Waals surface area contributed by atoms with Gasteiger partial charge in [0.15, 0.2) is 0 Å². The Labute approximate surface area is 124 Å². The van der Waals surface area contributed by atoms with Crippen molar-refractivity contribution in [2.75, 3.05) is 11.1 Å². The number of halogens is 1. The number of nitrogens with one attached hydrogen (secondary N) is 2. The molecule has 1 heterocycles. The molecule has 4 N–H and O–H groups in total. The van der Waals surface area contributed by atoms with Crippen LogP contribution in [0.5, 0.6) is 0 Å². The minimum absolute atomic E-state index is 0.239. The van der Waals surface area contributed by atoms with Crippen LogP contribution < -0.4 is 22.3 Å². The van der Waals surface area contributed by atoms with Gasteiger partial charge in [0.2, 0.25) is 5.91 Å². The summed E-state index contributed by atoms with van der Waals surface area (Å²) in [5.41, 5.74) is 5.64. The van der Waals surface area contributed by atoms with Crippen molar-refractivity contribution in [1.29, 1.82) is 0 Å². The van der Waals surface area contributed by atoms with Gasteiger partial charge in [-0.25, -0.2) is 4.79 Å². The first-order valence-electron chi connectivity index (χ1n) is 6.02. The highest BCUT2D eigenvalue weighted by Crippen LogP contribution is 2.23. The molecule has 1 amide bonds. The number of aryl methyl sites for hydroxylation is 1. The fourth-order valence-corrected chi connectivity index (χ4v) is 1.95. The van der Waals surface area contributed by atoms with E-state index in [2.05, 4.69) is 10.3 Å². The highest BCUT2D eigenvalue weighted by Gasteiger charge is 2.09. The number of nitrogens with two attached hydrogens (primary N) is 1. The number of aromatic amines is 1. The van der Waals surface area contributed by atoms with Gasteiger partial charge in [0.1, 0.15) is 6.54 Å². The number of nitrogens with zero attached hydrogens (tertiary/aromatic N) is 1. The zero-order chi connectivity index (χ0) is 15.6. The largest absolute Gasteiger partial charge is 0.399 e. The fourth-order valence-electron chi connectivity index (χ4n) is 1.71. The van der Waals surface area contributed by atoms with Gasteiger partial charge in [-0.2, -0.15) is 0 Å². The third kappa shape index (κ3) is 3.51. The molecule has 0 aliphatic heterocycles. The van der Waals surface area contributed by atoms with Gasteiger partial charge in [0.05, 0.1) is 10.7 Å². The fraction of sp³-hybridized carbons (Fsp3) is 0.154. The van der Waals surface area contributed by atoms with E-state index in [9.17, 15) is 14.4 Å². The lowest BCUT2D eigenvalue weighted by molar-refractivity contribution is -0.116. The van der Waals surface area contributed by atoms with E-state index in [0.717, 1.165) is 4.57 Å². The van der Waals surface area contributed by atoms with Crippen molar-refractivity contribution in [3.63, 3.8) is 0 Å². The Morgan fingerprint density at radius 2 is 2.14 bits per heavy atom. The highest BCUT2D eigenvalue weighted by atomic mass is 35.5. The first-order chi connectivity index (χ1) is 9.86. The van der Waals surface area contributed by atoms with Crippen LogP contribution in [0.15, 0.2) is 34.0 Å². The number of carbonyl (C=O) groups is 1. The Balaban J connectivity index is 2.17. The molecule has 1 aromatic heterocycles. The third-order valence-corrected chi connectivity index (χ3v) is 3.08. The number of H-pyrrole nitrogens is 1. The molecule has 110 valence electrons. The second-order valence-electron chi connectivity index (χ2n) is 4.49. The molecule has 0 saturated heterocycles. The first-order valence-corrected chi connectivity index (χ1v) is 6.40. The molecule has 0 unspecified atom stereocenters. The molecular formula is C13H13ClN4O3. The molecule has 0 aliphatic rings. The van der Waals surface area contributed by atoms with Crippen LogP contribution in [0.4, 0.5) is 11.4 Å².